The summed E-state index contributed by atoms with van der Waals surface area (Å²) in [5.41, 5.74) is 2.61. The zero-order valence-electron chi connectivity index (χ0n) is 16.5. The van der Waals surface area contributed by atoms with Crippen LogP contribution in [-0.2, 0) is 6.61 Å². The minimum absolute atomic E-state index is 0.267. The van der Waals surface area contributed by atoms with Crippen molar-refractivity contribution in [3.05, 3.63) is 112 Å². The number of ether oxygens (including phenoxy) is 1. The van der Waals surface area contributed by atoms with Crippen LogP contribution in [-0.4, -0.2) is 21.1 Å². The molecule has 0 aliphatic carbocycles. The Balaban J connectivity index is 1.50. The van der Waals surface area contributed by atoms with E-state index in [0.717, 1.165) is 16.9 Å². The van der Waals surface area contributed by atoms with Crippen molar-refractivity contribution in [3.8, 4) is 17.0 Å². The van der Waals surface area contributed by atoms with E-state index < -0.39 is 0 Å². The van der Waals surface area contributed by atoms with Crippen LogP contribution in [0.25, 0.3) is 11.3 Å². The number of aromatic nitrogens is 3. The molecule has 0 spiro atoms. The van der Waals surface area contributed by atoms with Crippen LogP contribution in [0.15, 0.2) is 94.8 Å². The summed E-state index contributed by atoms with van der Waals surface area (Å²) in [6.07, 6.45) is 1.62. The van der Waals surface area contributed by atoms with Crippen molar-refractivity contribution in [3.63, 3.8) is 0 Å². The lowest BCUT2D eigenvalue weighted by Gasteiger charge is -2.07. The van der Waals surface area contributed by atoms with Crippen molar-refractivity contribution in [2.75, 3.05) is 0 Å². The predicted octanol–water partition coefficient (Wildman–Crippen LogP) is 4.07. The molecule has 4 rings (SSSR count). The topological polar surface area (TPSA) is 69.4 Å². The standard InChI is InChI=1S/C24H20N4O2/c1-18-26-27-23(21-10-6-3-7-11-21)24(29)28(18)25-16-19-12-14-22(15-13-19)30-17-20-8-4-2-5-9-20/h2-16H,17H2,1H3/b25-16-. The summed E-state index contributed by atoms with van der Waals surface area (Å²) in [6, 6.07) is 26.7. The SMILES string of the molecule is Cc1nnc(-c2ccccc2)c(=O)n1/N=C\c1ccc(OCc2ccccc2)cc1. The maximum absolute atomic E-state index is 12.8. The van der Waals surface area contributed by atoms with Gasteiger partial charge in [0.1, 0.15) is 12.4 Å². The number of aryl methyl sites for hydroxylation is 1. The minimum atomic E-state index is -0.312. The van der Waals surface area contributed by atoms with Crippen LogP contribution in [0.2, 0.25) is 0 Å². The molecule has 0 aliphatic heterocycles. The van der Waals surface area contributed by atoms with Gasteiger partial charge in [0.2, 0.25) is 0 Å². The summed E-state index contributed by atoms with van der Waals surface area (Å²) in [6.45, 7) is 2.20. The lowest BCUT2D eigenvalue weighted by atomic mass is 10.2. The van der Waals surface area contributed by atoms with Crippen molar-refractivity contribution < 1.29 is 4.74 Å². The summed E-state index contributed by atoms with van der Waals surface area (Å²) < 4.78 is 7.05. The van der Waals surface area contributed by atoms with Gasteiger partial charge in [0, 0.05) is 5.56 Å². The van der Waals surface area contributed by atoms with Gasteiger partial charge in [-0.3, -0.25) is 4.79 Å². The Morgan fingerprint density at radius 2 is 1.57 bits per heavy atom. The number of benzene rings is 3. The Bertz CT molecular complexity index is 1200. The fourth-order valence-corrected chi connectivity index (χ4v) is 2.88. The van der Waals surface area contributed by atoms with E-state index >= 15 is 0 Å². The third kappa shape index (κ3) is 4.50. The maximum Gasteiger partial charge on any atom is 0.301 e. The molecule has 148 valence electrons. The lowest BCUT2D eigenvalue weighted by molar-refractivity contribution is 0.306. The van der Waals surface area contributed by atoms with Gasteiger partial charge in [0.05, 0.1) is 6.21 Å². The first kappa shape index (κ1) is 19.3. The van der Waals surface area contributed by atoms with Gasteiger partial charge in [-0.25, -0.2) is 0 Å². The quantitative estimate of drug-likeness (QED) is 0.461. The molecular formula is C24H20N4O2. The van der Waals surface area contributed by atoms with Crippen LogP contribution in [0, 0.1) is 6.92 Å². The van der Waals surface area contributed by atoms with E-state index in [-0.39, 0.29) is 11.3 Å². The Morgan fingerprint density at radius 3 is 2.27 bits per heavy atom. The fourth-order valence-electron chi connectivity index (χ4n) is 2.88. The molecule has 3 aromatic carbocycles. The van der Waals surface area contributed by atoms with Crippen LogP contribution in [0.5, 0.6) is 5.75 Å². The van der Waals surface area contributed by atoms with Crippen LogP contribution in [0.4, 0.5) is 0 Å². The zero-order valence-corrected chi connectivity index (χ0v) is 16.5. The second kappa shape index (κ2) is 8.96. The Kier molecular flexibility index (Phi) is 5.75. The van der Waals surface area contributed by atoms with Gasteiger partial charge in [0.25, 0.3) is 0 Å². The predicted molar refractivity (Wildman–Crippen MR) is 117 cm³/mol. The molecule has 0 bridgehead atoms. The molecule has 0 fully saturated rings. The molecule has 6 heteroatoms. The molecule has 4 aromatic rings. The normalized spacial score (nSPS) is 11.0. The summed E-state index contributed by atoms with van der Waals surface area (Å²) in [4.78, 5) is 12.8. The van der Waals surface area contributed by atoms with Gasteiger partial charge in [-0.15, -0.1) is 10.2 Å². The van der Waals surface area contributed by atoms with E-state index in [0.29, 0.717) is 18.0 Å². The second-order valence-corrected chi connectivity index (χ2v) is 6.67. The van der Waals surface area contributed by atoms with Crippen LogP contribution < -0.4 is 10.3 Å². The van der Waals surface area contributed by atoms with E-state index in [4.69, 9.17) is 4.74 Å². The fraction of sp³-hybridized carbons (Fsp3) is 0.0833. The van der Waals surface area contributed by atoms with E-state index in [1.807, 2.05) is 84.9 Å². The molecule has 30 heavy (non-hydrogen) atoms. The highest BCUT2D eigenvalue weighted by Gasteiger charge is 2.10. The van der Waals surface area contributed by atoms with Gasteiger partial charge in [-0.1, -0.05) is 60.7 Å². The largest absolute Gasteiger partial charge is 0.489 e. The van der Waals surface area contributed by atoms with E-state index in [1.165, 1.54) is 4.68 Å². The van der Waals surface area contributed by atoms with Gasteiger partial charge >= 0.3 is 5.56 Å². The number of hydrogen-bond donors (Lipinski definition) is 0. The number of hydrogen-bond acceptors (Lipinski definition) is 5. The third-order valence-electron chi connectivity index (χ3n) is 4.49. The molecular weight excluding hydrogens is 376 g/mol. The van der Waals surface area contributed by atoms with Crippen molar-refractivity contribution in [1.29, 1.82) is 0 Å². The molecule has 0 amide bonds. The zero-order chi connectivity index (χ0) is 20.8. The average molecular weight is 396 g/mol. The summed E-state index contributed by atoms with van der Waals surface area (Å²) in [5, 5.41) is 12.4. The maximum atomic E-state index is 12.8. The van der Waals surface area contributed by atoms with Gasteiger partial charge in [0.15, 0.2) is 11.5 Å². The first-order valence-electron chi connectivity index (χ1n) is 9.53. The molecule has 0 saturated carbocycles. The molecule has 1 aromatic heterocycles. The molecule has 0 aliphatic rings. The van der Waals surface area contributed by atoms with Crippen molar-refractivity contribution >= 4 is 6.21 Å². The van der Waals surface area contributed by atoms with Crippen LogP contribution >= 0.6 is 0 Å². The van der Waals surface area contributed by atoms with E-state index in [9.17, 15) is 4.79 Å². The van der Waals surface area contributed by atoms with E-state index in [1.54, 1.807) is 13.1 Å². The van der Waals surface area contributed by atoms with Crippen molar-refractivity contribution in [1.82, 2.24) is 14.9 Å². The number of rotatable bonds is 6. The smallest absolute Gasteiger partial charge is 0.301 e. The van der Waals surface area contributed by atoms with Crippen LogP contribution in [0.1, 0.15) is 17.0 Å². The highest BCUT2D eigenvalue weighted by Crippen LogP contribution is 2.14. The van der Waals surface area contributed by atoms with E-state index in [2.05, 4.69) is 15.3 Å². The monoisotopic (exact) mass is 396 g/mol. The summed E-state index contributed by atoms with van der Waals surface area (Å²) >= 11 is 0. The first-order chi connectivity index (χ1) is 14.7. The molecule has 0 radical (unpaired) electrons. The molecule has 0 atom stereocenters. The molecule has 0 N–H and O–H groups in total. The van der Waals surface area contributed by atoms with Crippen molar-refractivity contribution in [2.24, 2.45) is 5.10 Å². The lowest BCUT2D eigenvalue weighted by Crippen LogP contribution is -2.23. The van der Waals surface area contributed by atoms with Gasteiger partial charge in [-0.05, 0) is 42.3 Å². The summed E-state index contributed by atoms with van der Waals surface area (Å²) in [7, 11) is 0. The Hall–Kier alpha value is -4.06. The Morgan fingerprint density at radius 1 is 0.900 bits per heavy atom. The van der Waals surface area contributed by atoms with Gasteiger partial charge < -0.3 is 4.74 Å². The van der Waals surface area contributed by atoms with Crippen LogP contribution in [0.3, 0.4) is 0 Å². The number of nitrogens with zero attached hydrogens (tertiary/aromatic N) is 4. The summed E-state index contributed by atoms with van der Waals surface area (Å²) in [5.74, 6) is 1.18. The second-order valence-electron chi connectivity index (χ2n) is 6.67. The van der Waals surface area contributed by atoms with Gasteiger partial charge in [-0.2, -0.15) is 9.78 Å². The molecule has 0 saturated heterocycles. The molecule has 6 nitrogen and oxygen atoms in total. The molecule has 1 heterocycles. The average Bonchev–Trinajstić information content (AvgIpc) is 2.80. The highest BCUT2D eigenvalue weighted by atomic mass is 16.5. The minimum Gasteiger partial charge on any atom is -0.489 e. The highest BCUT2D eigenvalue weighted by molar-refractivity contribution is 5.79. The molecule has 0 unspecified atom stereocenters. The Labute approximate surface area is 174 Å². The van der Waals surface area contributed by atoms with Crippen molar-refractivity contribution in [2.45, 2.75) is 13.5 Å². The first-order valence-corrected chi connectivity index (χ1v) is 9.53. The third-order valence-corrected chi connectivity index (χ3v) is 4.49.